The van der Waals surface area contributed by atoms with Gasteiger partial charge in [-0.2, -0.15) is 0 Å². The van der Waals surface area contributed by atoms with Crippen LogP contribution in [0.15, 0.2) is 58.4 Å². The number of hydrogen-bond donors (Lipinski definition) is 4. The minimum atomic E-state index is -3.85. The van der Waals surface area contributed by atoms with Crippen molar-refractivity contribution in [2.45, 2.75) is 82.1 Å². The average molecular weight is 572 g/mol. The molecule has 0 bridgehead atoms. The van der Waals surface area contributed by atoms with Crippen molar-refractivity contribution in [3.8, 4) is 11.5 Å². The van der Waals surface area contributed by atoms with Crippen LogP contribution >= 0.6 is 0 Å². The van der Waals surface area contributed by atoms with Crippen molar-refractivity contribution in [2.24, 2.45) is 16.8 Å². The average Bonchev–Trinajstić information content (AvgIpc) is 3.37. The van der Waals surface area contributed by atoms with Crippen LogP contribution in [-0.4, -0.2) is 43.6 Å². The molecule has 5 rings (SSSR count). The predicted molar refractivity (Wildman–Crippen MR) is 157 cm³/mol. The summed E-state index contributed by atoms with van der Waals surface area (Å²) in [5.41, 5.74) is 2.21. The third-order valence-corrected chi connectivity index (χ3v) is 9.73. The lowest BCUT2D eigenvalue weighted by molar-refractivity contribution is 0.280. The molecule has 9 heteroatoms. The van der Waals surface area contributed by atoms with Crippen molar-refractivity contribution in [3.63, 3.8) is 0 Å². The summed E-state index contributed by atoms with van der Waals surface area (Å²) < 4.78 is 41.3. The minimum absolute atomic E-state index is 0.0577. The Labute approximate surface area is 237 Å². The van der Waals surface area contributed by atoms with Gasteiger partial charge >= 0.3 is 0 Å². The highest BCUT2D eigenvalue weighted by atomic mass is 32.2. The lowest BCUT2D eigenvalue weighted by Crippen LogP contribution is -2.33. The third-order valence-electron chi connectivity index (χ3n) is 8.28. The van der Waals surface area contributed by atoms with E-state index in [9.17, 15) is 23.0 Å². The third kappa shape index (κ3) is 7.43. The normalized spacial score (nSPS) is 25.1. The number of phenolic OH excluding ortho intramolecular Hbond substituents is 2. The monoisotopic (exact) mass is 571 g/mol. The van der Waals surface area contributed by atoms with E-state index in [4.69, 9.17) is 4.99 Å². The van der Waals surface area contributed by atoms with E-state index in [0.717, 1.165) is 80.9 Å². The number of phenols is 2. The van der Waals surface area contributed by atoms with E-state index < -0.39 is 15.8 Å². The van der Waals surface area contributed by atoms with Crippen molar-refractivity contribution < 1.29 is 23.0 Å². The molecule has 1 heterocycles. The van der Waals surface area contributed by atoms with Crippen molar-refractivity contribution in [1.29, 1.82) is 0 Å². The number of allylic oxidation sites excluding steroid dienone is 2. The molecule has 0 spiro atoms. The molecule has 1 saturated heterocycles. The highest BCUT2D eigenvalue weighted by Gasteiger charge is 2.37. The van der Waals surface area contributed by atoms with Crippen molar-refractivity contribution in [1.82, 2.24) is 10.0 Å². The topological polar surface area (TPSA) is 111 Å². The van der Waals surface area contributed by atoms with Gasteiger partial charge in [-0.05, 0) is 99.1 Å². The molecule has 2 aromatic rings. The molecule has 218 valence electrons. The molecule has 0 radical (unpaired) electrons. The van der Waals surface area contributed by atoms with E-state index in [1.165, 1.54) is 18.2 Å². The molecule has 2 aromatic carbocycles. The Morgan fingerprint density at radius 1 is 1.07 bits per heavy atom. The van der Waals surface area contributed by atoms with Gasteiger partial charge in [0.15, 0.2) is 11.5 Å². The van der Waals surface area contributed by atoms with Gasteiger partial charge in [0.1, 0.15) is 10.7 Å². The number of halogens is 1. The molecule has 1 saturated carbocycles. The van der Waals surface area contributed by atoms with Crippen LogP contribution in [0.5, 0.6) is 11.5 Å². The molecule has 0 amide bonds. The van der Waals surface area contributed by atoms with Crippen LogP contribution in [0.4, 0.5) is 4.39 Å². The van der Waals surface area contributed by atoms with E-state index >= 15 is 0 Å². The van der Waals surface area contributed by atoms with Crippen molar-refractivity contribution >= 4 is 15.9 Å². The van der Waals surface area contributed by atoms with Crippen LogP contribution in [-0.2, 0) is 16.4 Å². The predicted octanol–water partition coefficient (Wildman–Crippen LogP) is 5.78. The number of hydrogen-bond acceptors (Lipinski definition) is 5. The first-order valence-corrected chi connectivity index (χ1v) is 15.9. The molecule has 40 heavy (non-hydrogen) atoms. The Morgan fingerprint density at radius 3 is 2.45 bits per heavy atom. The number of benzene rings is 2. The number of aliphatic imine (C=N–C) groups is 1. The van der Waals surface area contributed by atoms with Gasteiger partial charge in [-0.25, -0.2) is 17.5 Å². The molecule has 2 unspecified atom stereocenters. The summed E-state index contributed by atoms with van der Waals surface area (Å²) in [6.07, 6.45) is 11.8. The molecule has 0 aromatic heterocycles. The van der Waals surface area contributed by atoms with E-state index in [1.54, 1.807) is 12.1 Å². The van der Waals surface area contributed by atoms with Crippen LogP contribution in [0.2, 0.25) is 0 Å². The summed E-state index contributed by atoms with van der Waals surface area (Å²) >= 11 is 0. The highest BCUT2D eigenvalue weighted by molar-refractivity contribution is 7.89. The Kier molecular flexibility index (Phi) is 10.2. The standard InChI is InChI=1S/C26H32FN3O4S.C5H10/c27-21-3-1-2-4-25(21)35(33,34)29-15-17-7-5-16(6-8-17)14-28-26-13-20-19-12-24(32)23(31)11-18(19)9-10-22(20)30-26;1-3-5-4-2/h1-4,11-12,16-17,20,22,29,31-32H,5-10,13-15H2,(H,28,30);3,5H,4H2,1-2H3/b;5-3+. The largest absolute Gasteiger partial charge is 0.504 e. The smallest absolute Gasteiger partial charge is 0.243 e. The van der Waals surface area contributed by atoms with Gasteiger partial charge in [-0.15, -0.1) is 0 Å². The molecule has 3 aliphatic rings. The fourth-order valence-corrected chi connectivity index (χ4v) is 7.20. The number of aryl methyl sites for hydroxylation is 1. The molecular formula is C31H42FN3O4S. The second-order valence-electron chi connectivity index (χ2n) is 11.1. The number of amidine groups is 1. The lowest BCUT2D eigenvalue weighted by Gasteiger charge is -2.28. The zero-order chi connectivity index (χ0) is 28.7. The van der Waals surface area contributed by atoms with Gasteiger partial charge in [0.25, 0.3) is 0 Å². The van der Waals surface area contributed by atoms with Crippen LogP contribution in [0.25, 0.3) is 0 Å². The molecule has 1 aliphatic heterocycles. The first-order chi connectivity index (χ1) is 19.2. The van der Waals surface area contributed by atoms with Gasteiger partial charge in [-0.1, -0.05) is 31.2 Å². The molecule has 4 N–H and O–H groups in total. The summed E-state index contributed by atoms with van der Waals surface area (Å²) in [4.78, 5) is 4.58. The van der Waals surface area contributed by atoms with E-state index in [0.29, 0.717) is 18.5 Å². The highest BCUT2D eigenvalue weighted by Crippen LogP contribution is 2.42. The van der Waals surface area contributed by atoms with Gasteiger partial charge in [-0.3, -0.25) is 4.99 Å². The Bertz CT molecular complexity index is 1320. The summed E-state index contributed by atoms with van der Waals surface area (Å²) in [6, 6.07) is 9.13. The number of sulfonamides is 1. The van der Waals surface area contributed by atoms with Gasteiger partial charge in [0, 0.05) is 31.5 Å². The number of fused-ring (bicyclic) bond motifs is 3. The van der Waals surface area contributed by atoms with Gasteiger partial charge in [0.05, 0.1) is 5.84 Å². The van der Waals surface area contributed by atoms with Crippen molar-refractivity contribution in [3.05, 3.63) is 65.5 Å². The summed E-state index contributed by atoms with van der Waals surface area (Å²) in [5.74, 6) is 1.14. The first kappa shape index (κ1) is 30.1. The number of nitrogens with one attached hydrogen (secondary N) is 2. The summed E-state index contributed by atoms with van der Waals surface area (Å²) in [6.45, 7) is 5.23. The quantitative estimate of drug-likeness (QED) is 0.249. The molecule has 7 nitrogen and oxygen atoms in total. The molecule has 2 fully saturated rings. The summed E-state index contributed by atoms with van der Waals surface area (Å²) in [7, 11) is -3.85. The number of rotatable bonds is 7. The number of aromatic hydroxyl groups is 2. The zero-order valence-corrected chi connectivity index (χ0v) is 24.3. The van der Waals surface area contributed by atoms with Crippen LogP contribution in [0, 0.1) is 17.7 Å². The Hall–Kier alpha value is -2.91. The Morgan fingerprint density at radius 2 is 1.77 bits per heavy atom. The van der Waals surface area contributed by atoms with Gasteiger partial charge in [0.2, 0.25) is 10.0 Å². The maximum Gasteiger partial charge on any atom is 0.243 e. The fraction of sp³-hybridized carbons (Fsp3) is 0.516. The molecule has 2 aliphatic carbocycles. The SMILES string of the molecule is C/C=C/CC.O=S(=O)(NCC1CCC(CN=C2CC3c4cc(O)c(O)cc4CCC3N2)CC1)c1ccccc1F. The maximum absolute atomic E-state index is 13.9. The zero-order valence-electron chi connectivity index (χ0n) is 23.4. The second-order valence-corrected chi connectivity index (χ2v) is 12.8. The second kappa shape index (κ2) is 13.6. The van der Waals surface area contributed by atoms with E-state index in [2.05, 4.69) is 29.1 Å². The van der Waals surface area contributed by atoms with Crippen LogP contribution < -0.4 is 10.0 Å². The van der Waals surface area contributed by atoms with Crippen molar-refractivity contribution in [2.75, 3.05) is 13.1 Å². The van der Waals surface area contributed by atoms with Gasteiger partial charge < -0.3 is 15.5 Å². The van der Waals surface area contributed by atoms with E-state index in [1.807, 2.05) is 6.92 Å². The minimum Gasteiger partial charge on any atom is -0.504 e. The van der Waals surface area contributed by atoms with Crippen LogP contribution in [0.1, 0.15) is 75.8 Å². The summed E-state index contributed by atoms with van der Waals surface area (Å²) in [5, 5.41) is 23.3. The Balaban J connectivity index is 0.000000681. The number of nitrogens with zero attached hydrogens (tertiary/aromatic N) is 1. The molecular weight excluding hydrogens is 529 g/mol. The first-order valence-electron chi connectivity index (χ1n) is 14.4. The fourth-order valence-electron chi connectivity index (χ4n) is 6.00. The van der Waals surface area contributed by atoms with E-state index in [-0.39, 0.29) is 28.2 Å². The maximum atomic E-state index is 13.9. The molecule has 2 atom stereocenters. The van der Waals surface area contributed by atoms with Crippen LogP contribution in [0.3, 0.4) is 0 Å². The lowest BCUT2D eigenvalue weighted by atomic mass is 9.79.